The van der Waals surface area contributed by atoms with Gasteiger partial charge in [0, 0.05) is 5.56 Å². The van der Waals surface area contributed by atoms with Gasteiger partial charge in [-0.25, -0.2) is 0 Å². The monoisotopic (exact) mass is 262 g/mol. The van der Waals surface area contributed by atoms with Gasteiger partial charge in [0.05, 0.1) is 6.10 Å². The van der Waals surface area contributed by atoms with Gasteiger partial charge in [-0.3, -0.25) is 4.79 Å². The summed E-state index contributed by atoms with van der Waals surface area (Å²) in [6.45, 7) is 6.00. The van der Waals surface area contributed by atoms with E-state index in [4.69, 9.17) is 4.74 Å². The summed E-state index contributed by atoms with van der Waals surface area (Å²) in [6.07, 6.45) is 7.36. The van der Waals surface area contributed by atoms with Crippen LogP contribution in [0.4, 0.5) is 0 Å². The van der Waals surface area contributed by atoms with Crippen molar-refractivity contribution < 1.29 is 9.53 Å². The molecule has 0 aliphatic heterocycles. The Balaban J connectivity index is 2.58. The highest BCUT2D eigenvalue weighted by Gasteiger charge is 2.10. The summed E-state index contributed by atoms with van der Waals surface area (Å²) in [5, 5.41) is 0. The Bertz CT molecular complexity index is 359. The highest BCUT2D eigenvalue weighted by atomic mass is 16.5. The maximum atomic E-state index is 11.2. The second-order valence-corrected chi connectivity index (χ2v) is 5.10. The van der Waals surface area contributed by atoms with E-state index in [1.165, 1.54) is 25.7 Å². The fraction of sp³-hybridized carbons (Fsp3) is 0.588. The van der Waals surface area contributed by atoms with E-state index in [0.29, 0.717) is 6.10 Å². The Morgan fingerprint density at radius 1 is 1.05 bits per heavy atom. The van der Waals surface area contributed by atoms with E-state index in [1.54, 1.807) is 6.92 Å². The minimum absolute atomic E-state index is 0.0973. The average Bonchev–Trinajstić information content (AvgIpc) is 2.42. The van der Waals surface area contributed by atoms with Gasteiger partial charge in [0.1, 0.15) is 5.75 Å². The molecule has 1 aromatic rings. The van der Waals surface area contributed by atoms with Crippen LogP contribution < -0.4 is 4.74 Å². The van der Waals surface area contributed by atoms with Crippen molar-refractivity contribution in [3.63, 3.8) is 0 Å². The van der Waals surface area contributed by atoms with Gasteiger partial charge in [0.2, 0.25) is 0 Å². The molecule has 19 heavy (non-hydrogen) atoms. The fourth-order valence-corrected chi connectivity index (χ4v) is 2.09. The van der Waals surface area contributed by atoms with Crippen LogP contribution in [-0.4, -0.2) is 11.9 Å². The molecule has 0 radical (unpaired) electrons. The SMILES string of the molecule is CCCCC(CCCC)Oc1ccc(C(C)=O)cc1. The van der Waals surface area contributed by atoms with E-state index >= 15 is 0 Å². The predicted octanol–water partition coefficient (Wildman–Crippen LogP) is 5.02. The Kier molecular flexibility index (Phi) is 7.24. The van der Waals surface area contributed by atoms with Crippen LogP contribution >= 0.6 is 0 Å². The molecule has 0 N–H and O–H groups in total. The Morgan fingerprint density at radius 2 is 1.58 bits per heavy atom. The van der Waals surface area contributed by atoms with Crippen molar-refractivity contribution in [2.75, 3.05) is 0 Å². The van der Waals surface area contributed by atoms with Gasteiger partial charge in [0.15, 0.2) is 5.78 Å². The number of hydrogen-bond acceptors (Lipinski definition) is 2. The normalized spacial score (nSPS) is 10.7. The van der Waals surface area contributed by atoms with Gasteiger partial charge in [-0.15, -0.1) is 0 Å². The zero-order valence-corrected chi connectivity index (χ0v) is 12.4. The van der Waals surface area contributed by atoms with Crippen LogP contribution in [0.15, 0.2) is 24.3 Å². The van der Waals surface area contributed by atoms with Crippen molar-refractivity contribution >= 4 is 5.78 Å². The predicted molar refractivity (Wildman–Crippen MR) is 79.9 cm³/mol. The number of carbonyl (C=O) groups is 1. The largest absolute Gasteiger partial charge is 0.490 e. The molecule has 0 aromatic heterocycles. The minimum Gasteiger partial charge on any atom is -0.490 e. The number of ketones is 1. The number of rotatable bonds is 9. The van der Waals surface area contributed by atoms with Gasteiger partial charge >= 0.3 is 0 Å². The zero-order valence-electron chi connectivity index (χ0n) is 12.4. The third-order valence-electron chi connectivity index (χ3n) is 3.32. The molecule has 0 spiro atoms. The fourth-order valence-electron chi connectivity index (χ4n) is 2.09. The van der Waals surface area contributed by atoms with Crippen molar-refractivity contribution in [1.82, 2.24) is 0 Å². The minimum atomic E-state index is 0.0973. The summed E-state index contributed by atoms with van der Waals surface area (Å²) in [6, 6.07) is 7.49. The van der Waals surface area contributed by atoms with Crippen molar-refractivity contribution in [2.45, 2.75) is 65.4 Å². The molecule has 0 saturated carbocycles. The summed E-state index contributed by atoms with van der Waals surface area (Å²) in [7, 11) is 0. The van der Waals surface area contributed by atoms with Crippen LogP contribution in [0.3, 0.4) is 0 Å². The lowest BCUT2D eigenvalue weighted by atomic mass is 10.1. The second kappa shape index (κ2) is 8.73. The molecule has 1 rings (SSSR count). The first-order valence-corrected chi connectivity index (χ1v) is 7.45. The number of ether oxygens (including phenoxy) is 1. The molecule has 0 heterocycles. The summed E-state index contributed by atoms with van der Waals surface area (Å²) in [5.74, 6) is 0.974. The average molecular weight is 262 g/mol. The molecule has 0 bridgehead atoms. The number of benzene rings is 1. The molecule has 0 unspecified atom stereocenters. The van der Waals surface area contributed by atoms with Gasteiger partial charge in [-0.1, -0.05) is 39.5 Å². The molecule has 0 saturated heterocycles. The molecule has 2 heteroatoms. The molecular formula is C17H26O2. The molecule has 0 atom stereocenters. The van der Waals surface area contributed by atoms with Gasteiger partial charge in [-0.05, 0) is 44.0 Å². The van der Waals surface area contributed by atoms with Crippen molar-refractivity contribution in [3.05, 3.63) is 29.8 Å². The van der Waals surface area contributed by atoms with E-state index in [2.05, 4.69) is 13.8 Å². The van der Waals surface area contributed by atoms with Crippen LogP contribution in [0.1, 0.15) is 69.7 Å². The molecule has 106 valence electrons. The van der Waals surface area contributed by atoms with E-state index < -0.39 is 0 Å². The van der Waals surface area contributed by atoms with Crippen LogP contribution in [0.2, 0.25) is 0 Å². The summed E-state index contributed by atoms with van der Waals surface area (Å²) in [4.78, 5) is 11.2. The molecule has 0 amide bonds. The molecule has 0 aliphatic rings. The third kappa shape index (κ3) is 5.91. The number of hydrogen-bond donors (Lipinski definition) is 0. The first-order chi connectivity index (χ1) is 9.17. The number of carbonyl (C=O) groups excluding carboxylic acids is 1. The molecular weight excluding hydrogens is 236 g/mol. The Morgan fingerprint density at radius 3 is 2.00 bits per heavy atom. The van der Waals surface area contributed by atoms with Crippen molar-refractivity contribution in [1.29, 1.82) is 0 Å². The Labute approximate surface area is 117 Å². The second-order valence-electron chi connectivity index (χ2n) is 5.10. The zero-order chi connectivity index (χ0) is 14.1. The summed E-state index contributed by atoms with van der Waals surface area (Å²) < 4.78 is 6.04. The standard InChI is InChI=1S/C17H26O2/c1-4-6-8-16(9-7-5-2)19-17-12-10-15(11-13-17)14(3)18/h10-13,16H,4-9H2,1-3H3. The highest BCUT2D eigenvalue weighted by molar-refractivity contribution is 5.94. The maximum absolute atomic E-state index is 11.2. The van der Waals surface area contributed by atoms with Gasteiger partial charge < -0.3 is 4.74 Å². The van der Waals surface area contributed by atoms with Crippen LogP contribution in [0, 0.1) is 0 Å². The quantitative estimate of drug-likeness (QED) is 0.584. The third-order valence-corrected chi connectivity index (χ3v) is 3.32. The van der Waals surface area contributed by atoms with Gasteiger partial charge in [-0.2, -0.15) is 0 Å². The maximum Gasteiger partial charge on any atom is 0.159 e. The molecule has 2 nitrogen and oxygen atoms in total. The van der Waals surface area contributed by atoms with E-state index in [9.17, 15) is 4.79 Å². The van der Waals surface area contributed by atoms with Crippen LogP contribution in [0.5, 0.6) is 5.75 Å². The molecule has 0 aliphatic carbocycles. The van der Waals surface area contributed by atoms with Crippen molar-refractivity contribution in [3.8, 4) is 5.75 Å². The van der Waals surface area contributed by atoms with Crippen molar-refractivity contribution in [2.24, 2.45) is 0 Å². The first kappa shape index (κ1) is 15.7. The lowest BCUT2D eigenvalue weighted by Gasteiger charge is -2.19. The number of Topliss-reactive ketones (excluding diaryl/α,β-unsaturated/α-hetero) is 1. The smallest absolute Gasteiger partial charge is 0.159 e. The van der Waals surface area contributed by atoms with Crippen LogP contribution in [-0.2, 0) is 0 Å². The molecule has 1 aromatic carbocycles. The van der Waals surface area contributed by atoms with E-state index in [0.717, 1.165) is 24.2 Å². The molecule has 0 fully saturated rings. The van der Waals surface area contributed by atoms with E-state index in [-0.39, 0.29) is 5.78 Å². The highest BCUT2D eigenvalue weighted by Crippen LogP contribution is 2.19. The van der Waals surface area contributed by atoms with Gasteiger partial charge in [0.25, 0.3) is 0 Å². The number of unbranched alkanes of at least 4 members (excludes halogenated alkanes) is 2. The topological polar surface area (TPSA) is 26.3 Å². The lowest BCUT2D eigenvalue weighted by molar-refractivity contribution is 0.101. The van der Waals surface area contributed by atoms with Crippen LogP contribution in [0.25, 0.3) is 0 Å². The first-order valence-electron chi connectivity index (χ1n) is 7.45. The summed E-state index contributed by atoms with van der Waals surface area (Å²) >= 11 is 0. The Hall–Kier alpha value is -1.31. The summed E-state index contributed by atoms with van der Waals surface area (Å²) in [5.41, 5.74) is 0.742. The van der Waals surface area contributed by atoms with E-state index in [1.807, 2.05) is 24.3 Å². The lowest BCUT2D eigenvalue weighted by Crippen LogP contribution is -2.16.